The monoisotopic (exact) mass is 356 g/mol. The third kappa shape index (κ3) is 2.56. The Hall–Kier alpha value is 0.547. The van der Waals surface area contributed by atoms with E-state index >= 15 is 0 Å². The Labute approximate surface area is 107 Å². The van der Waals surface area contributed by atoms with Crippen molar-refractivity contribution in [3.05, 3.63) is 15.3 Å². The van der Waals surface area contributed by atoms with Crippen LogP contribution >= 0.6 is 43.5 Å². The van der Waals surface area contributed by atoms with Gasteiger partial charge in [0.2, 0.25) is 0 Å². The molecule has 0 amide bonds. The molecule has 0 bridgehead atoms. The molecule has 14 heavy (non-hydrogen) atoms. The third-order valence-corrected chi connectivity index (χ3v) is 6.97. The van der Waals surface area contributed by atoms with Gasteiger partial charge in [-0.1, -0.05) is 47.0 Å². The Balaban J connectivity index is 3.29. The number of aromatic nitrogens is 2. The van der Waals surface area contributed by atoms with Crippen molar-refractivity contribution in [2.75, 3.05) is 0 Å². The van der Waals surface area contributed by atoms with Crippen molar-refractivity contribution >= 4 is 57.4 Å². The predicted molar refractivity (Wildman–Crippen MR) is 70.5 cm³/mol. The van der Waals surface area contributed by atoms with Crippen LogP contribution in [-0.4, -0.2) is 19.0 Å². The molecule has 1 aromatic rings. The largest absolute Gasteiger partial charge is 0.155 e. The van der Waals surface area contributed by atoms with E-state index in [2.05, 4.69) is 55.5 Å². The lowest BCUT2D eigenvalue weighted by atomic mass is 10.3. The summed E-state index contributed by atoms with van der Waals surface area (Å²) in [5.41, 5.74) is 1.09. The van der Waals surface area contributed by atoms with Crippen molar-refractivity contribution in [1.29, 1.82) is 0 Å². The lowest BCUT2D eigenvalue weighted by Crippen LogP contribution is -2.31. The first-order chi connectivity index (χ1) is 6.61. The lowest BCUT2D eigenvalue weighted by molar-refractivity contribution is 0.998. The topological polar surface area (TPSA) is 25.8 Å². The minimum Gasteiger partial charge on any atom is -0.142 e. The van der Waals surface area contributed by atoms with Gasteiger partial charge in [-0.05, 0) is 21.1 Å². The number of nitrogens with zero attached hydrogens (tertiary/aromatic N) is 2. The molecule has 1 heterocycles. The average Bonchev–Trinajstić information content (AvgIpc) is 2.19. The summed E-state index contributed by atoms with van der Waals surface area (Å²) in [6.07, 6.45) is 0. The van der Waals surface area contributed by atoms with Crippen molar-refractivity contribution in [1.82, 2.24) is 10.2 Å². The van der Waals surface area contributed by atoms with Crippen molar-refractivity contribution < 1.29 is 0 Å². The Morgan fingerprint density at radius 3 is 2.57 bits per heavy atom. The third-order valence-electron chi connectivity index (χ3n) is 2.26. The fourth-order valence-electron chi connectivity index (χ4n) is 1.27. The quantitative estimate of drug-likeness (QED) is 0.613. The molecule has 0 radical (unpaired) electrons. The molecule has 0 aromatic carbocycles. The number of hydrogen-bond acceptors (Lipinski definition) is 2. The van der Waals surface area contributed by atoms with Crippen LogP contribution in [0.25, 0.3) is 0 Å². The molecule has 0 aliphatic rings. The molecule has 0 saturated carbocycles. The second-order valence-corrected chi connectivity index (χ2v) is 7.98. The maximum absolute atomic E-state index is 6.00. The number of hydrogen-bond donors (Lipinski definition) is 0. The van der Waals surface area contributed by atoms with Crippen LogP contribution in [0.3, 0.4) is 0 Å². The first-order valence-electron chi connectivity index (χ1n) is 4.38. The van der Waals surface area contributed by atoms with E-state index in [1.807, 2.05) is 0 Å². The highest BCUT2D eigenvalue weighted by Crippen LogP contribution is 2.18. The molecule has 0 spiro atoms. The van der Waals surface area contributed by atoms with Crippen molar-refractivity contribution in [2.24, 2.45) is 0 Å². The fraction of sp³-hybridized carbons (Fsp3) is 0.500. The van der Waals surface area contributed by atoms with Crippen LogP contribution in [0.1, 0.15) is 12.5 Å². The van der Waals surface area contributed by atoms with Crippen LogP contribution in [0.5, 0.6) is 0 Å². The van der Waals surface area contributed by atoms with Crippen LogP contribution in [0.4, 0.5) is 0 Å². The van der Waals surface area contributed by atoms with Crippen molar-refractivity contribution in [3.8, 4) is 0 Å². The summed E-state index contributed by atoms with van der Waals surface area (Å²) >= 11 is 12.9. The van der Waals surface area contributed by atoms with E-state index in [1.165, 1.54) is 11.2 Å². The van der Waals surface area contributed by atoms with E-state index in [0.717, 1.165) is 15.5 Å². The first-order valence-corrected chi connectivity index (χ1v) is 9.22. The SMILES string of the molecule is CC[SiH](C)c1c(Br)nnc(Cl)c1CBr. The van der Waals surface area contributed by atoms with Gasteiger partial charge in [-0.25, -0.2) is 0 Å². The summed E-state index contributed by atoms with van der Waals surface area (Å²) in [6.45, 7) is 4.50. The zero-order valence-electron chi connectivity index (χ0n) is 8.02. The van der Waals surface area contributed by atoms with Crippen LogP contribution in [0, 0.1) is 0 Å². The van der Waals surface area contributed by atoms with Gasteiger partial charge in [-0.15, -0.1) is 10.2 Å². The van der Waals surface area contributed by atoms with Gasteiger partial charge in [0.05, 0.1) is 8.80 Å². The average molecular weight is 359 g/mol. The summed E-state index contributed by atoms with van der Waals surface area (Å²) < 4.78 is 0.859. The van der Waals surface area contributed by atoms with Crippen LogP contribution in [-0.2, 0) is 5.33 Å². The lowest BCUT2D eigenvalue weighted by Gasteiger charge is -2.13. The summed E-state index contributed by atoms with van der Waals surface area (Å²) in [6, 6.07) is 1.20. The normalized spacial score (nSPS) is 12.9. The molecular formula is C8H11Br2ClN2Si. The highest BCUT2D eigenvalue weighted by molar-refractivity contribution is 9.10. The van der Waals surface area contributed by atoms with E-state index < -0.39 is 8.80 Å². The predicted octanol–water partition coefficient (Wildman–Crippen LogP) is 2.87. The van der Waals surface area contributed by atoms with Gasteiger partial charge < -0.3 is 0 Å². The molecule has 0 N–H and O–H groups in total. The Morgan fingerprint density at radius 2 is 2.07 bits per heavy atom. The molecule has 0 fully saturated rings. The minimum absolute atomic E-state index is 0.521. The molecule has 2 nitrogen and oxygen atoms in total. The number of alkyl halides is 1. The van der Waals surface area contributed by atoms with E-state index in [0.29, 0.717) is 5.15 Å². The second kappa shape index (κ2) is 5.58. The maximum atomic E-state index is 6.00. The molecule has 0 aliphatic carbocycles. The minimum atomic E-state index is -0.928. The second-order valence-electron chi connectivity index (χ2n) is 3.12. The zero-order valence-corrected chi connectivity index (χ0v) is 13.1. The zero-order chi connectivity index (χ0) is 10.7. The van der Waals surface area contributed by atoms with Gasteiger partial charge in [0.15, 0.2) is 5.15 Å². The summed E-state index contributed by atoms with van der Waals surface area (Å²) in [5, 5.41) is 10.5. The summed E-state index contributed by atoms with van der Waals surface area (Å²) in [7, 11) is -0.928. The summed E-state index contributed by atoms with van der Waals surface area (Å²) in [4.78, 5) is 0. The van der Waals surface area contributed by atoms with E-state index in [-0.39, 0.29) is 0 Å². The Morgan fingerprint density at radius 1 is 1.43 bits per heavy atom. The Bertz CT molecular complexity index is 335. The van der Waals surface area contributed by atoms with Gasteiger partial charge in [-0.2, -0.15) is 0 Å². The standard InChI is InChI=1S/C8H11Br2ClN2Si/c1-3-14(2)6-5(4-9)8(11)13-12-7(6)10/h14H,3-4H2,1-2H3. The van der Waals surface area contributed by atoms with Gasteiger partial charge >= 0.3 is 0 Å². The Kier molecular flexibility index (Phi) is 5.03. The molecule has 6 heteroatoms. The fourth-order valence-corrected chi connectivity index (χ4v) is 5.79. The summed E-state index contributed by atoms with van der Waals surface area (Å²) in [5.74, 6) is 0. The molecule has 1 aromatic heterocycles. The molecular weight excluding hydrogens is 347 g/mol. The maximum Gasteiger partial charge on any atom is 0.155 e. The highest BCUT2D eigenvalue weighted by atomic mass is 79.9. The first kappa shape index (κ1) is 12.6. The molecule has 1 unspecified atom stereocenters. The number of rotatable bonds is 3. The van der Waals surface area contributed by atoms with E-state index in [1.54, 1.807) is 0 Å². The molecule has 0 aliphatic heterocycles. The van der Waals surface area contributed by atoms with Gasteiger partial charge in [0.25, 0.3) is 0 Å². The smallest absolute Gasteiger partial charge is 0.142 e. The van der Waals surface area contributed by atoms with Crippen LogP contribution in [0.15, 0.2) is 4.60 Å². The van der Waals surface area contributed by atoms with Crippen LogP contribution < -0.4 is 5.19 Å². The van der Waals surface area contributed by atoms with Crippen molar-refractivity contribution in [2.45, 2.75) is 24.8 Å². The van der Waals surface area contributed by atoms with Crippen LogP contribution in [0.2, 0.25) is 17.7 Å². The number of halogens is 3. The van der Waals surface area contributed by atoms with Gasteiger partial charge in [0.1, 0.15) is 4.60 Å². The van der Waals surface area contributed by atoms with Crippen molar-refractivity contribution in [3.63, 3.8) is 0 Å². The van der Waals surface area contributed by atoms with E-state index in [9.17, 15) is 0 Å². The van der Waals surface area contributed by atoms with Gasteiger partial charge in [0, 0.05) is 10.9 Å². The molecule has 1 rings (SSSR count). The van der Waals surface area contributed by atoms with E-state index in [4.69, 9.17) is 11.6 Å². The highest BCUT2D eigenvalue weighted by Gasteiger charge is 2.18. The van der Waals surface area contributed by atoms with Gasteiger partial charge in [-0.3, -0.25) is 0 Å². The molecule has 1 atom stereocenters. The molecule has 0 saturated heterocycles. The molecule has 78 valence electrons.